The Morgan fingerprint density at radius 2 is 1.09 bits per heavy atom. The second kappa shape index (κ2) is 31.2. The Morgan fingerprint density at radius 3 is 1.43 bits per heavy atom. The Hall–Kier alpha value is -3.65. The van der Waals surface area contributed by atoms with Crippen molar-refractivity contribution in [1.29, 1.82) is 0 Å². The Labute approximate surface area is 465 Å². The second-order valence-electron chi connectivity index (χ2n) is 23.0. The Morgan fingerprint density at radius 1 is 0.566 bits per heavy atom. The number of ketones is 5. The molecule has 0 aromatic carbocycles. The number of hydroxylamine groups is 1. The van der Waals surface area contributed by atoms with Crippen molar-refractivity contribution in [2.24, 2.45) is 70.5 Å². The minimum Gasteiger partial charge on any atom is -0.374 e. The molecule has 0 bridgehead atoms. The predicted octanol–water partition coefficient (Wildman–Crippen LogP) is 10.4. The summed E-state index contributed by atoms with van der Waals surface area (Å²) in [6, 6.07) is 0. The monoisotopic (exact) mass is 1120 g/mol. The summed E-state index contributed by atoms with van der Waals surface area (Å²) in [6.07, 6.45) is 4.95. The highest BCUT2D eigenvalue weighted by Crippen LogP contribution is 2.59. The van der Waals surface area contributed by atoms with E-state index in [4.69, 9.17) is 9.57 Å². The van der Waals surface area contributed by atoms with Gasteiger partial charge in [-0.15, -0.1) is 23.5 Å². The number of allylic oxidation sites excluding steroid dienone is 1. The highest BCUT2D eigenvalue weighted by Gasteiger charge is 2.62. The second-order valence-corrected chi connectivity index (χ2v) is 26.5. The van der Waals surface area contributed by atoms with Gasteiger partial charge < -0.3 is 20.7 Å². The first-order valence-corrected chi connectivity index (χ1v) is 29.7. The van der Waals surface area contributed by atoms with E-state index in [-0.39, 0.29) is 75.2 Å². The molecule has 3 amide bonds. The summed E-state index contributed by atoms with van der Waals surface area (Å²) >= 11 is 4.83. The van der Waals surface area contributed by atoms with E-state index in [1.807, 2.05) is 27.7 Å². The lowest BCUT2D eigenvalue weighted by molar-refractivity contribution is -0.147. The predicted molar refractivity (Wildman–Crippen MR) is 302 cm³/mol. The van der Waals surface area contributed by atoms with Crippen LogP contribution in [0.4, 0.5) is 8.78 Å². The zero-order chi connectivity index (χ0) is 58.2. The summed E-state index contributed by atoms with van der Waals surface area (Å²) < 4.78 is 30.9. The molecule has 5 aliphatic heterocycles. The highest BCUT2D eigenvalue weighted by molar-refractivity contribution is 8.04. The minimum atomic E-state index is -3.43. The number of alkyl halides is 2. The smallest absolute Gasteiger partial charge is 0.315 e. The van der Waals surface area contributed by atoms with Gasteiger partial charge in [-0.3, -0.25) is 48.7 Å². The van der Waals surface area contributed by atoms with Crippen molar-refractivity contribution in [3.63, 3.8) is 0 Å². The van der Waals surface area contributed by atoms with Crippen LogP contribution in [-0.4, -0.2) is 93.9 Å². The van der Waals surface area contributed by atoms with E-state index in [1.165, 1.54) is 25.6 Å². The molecule has 7 atom stereocenters. The summed E-state index contributed by atoms with van der Waals surface area (Å²) in [5.74, 6) is -1.28. The summed E-state index contributed by atoms with van der Waals surface area (Å²) in [5.41, 5.74) is 4.47. The number of nitrogens with one attached hydrogen (secondary N) is 4. The lowest BCUT2D eigenvalue weighted by atomic mass is 9.83. The number of hydrogen-bond donors (Lipinski definition) is 4. The van der Waals surface area contributed by atoms with Crippen LogP contribution < -0.4 is 21.4 Å². The van der Waals surface area contributed by atoms with Crippen LogP contribution >= 0.6 is 35.3 Å². The van der Waals surface area contributed by atoms with Crippen LogP contribution in [0.15, 0.2) is 47.8 Å². The Kier molecular flexibility index (Phi) is 28.1. The van der Waals surface area contributed by atoms with E-state index in [9.17, 15) is 47.1 Å². The van der Waals surface area contributed by atoms with Gasteiger partial charge in [0.2, 0.25) is 23.5 Å². The van der Waals surface area contributed by atoms with Crippen LogP contribution in [0.3, 0.4) is 0 Å². The molecule has 76 heavy (non-hydrogen) atoms. The molecule has 3 aliphatic carbocycles. The maximum atomic E-state index is 12.9. The normalized spacial score (nSPS) is 27.5. The van der Waals surface area contributed by atoms with E-state index < -0.39 is 35.7 Å². The molecule has 4 N–H and O–H groups in total. The van der Waals surface area contributed by atoms with E-state index in [1.54, 1.807) is 23.5 Å². The van der Waals surface area contributed by atoms with Gasteiger partial charge in [0.1, 0.15) is 24.0 Å². The molecular formula is C57H90F2N4O10S3. The van der Waals surface area contributed by atoms with Crippen molar-refractivity contribution in [3.8, 4) is 0 Å². The molecule has 0 aromatic heterocycles. The first-order chi connectivity index (χ1) is 35.2. The van der Waals surface area contributed by atoms with E-state index in [0.29, 0.717) is 48.2 Å². The Bertz CT molecular complexity index is 2030. The van der Waals surface area contributed by atoms with Crippen LogP contribution in [0.1, 0.15) is 142 Å². The fraction of sp³-hybridized carbons (Fsp3) is 0.719. The summed E-state index contributed by atoms with van der Waals surface area (Å²) in [5, 5.41) is 9.93. The van der Waals surface area contributed by atoms with Crippen LogP contribution in [-0.2, 0) is 47.9 Å². The maximum absolute atomic E-state index is 12.9. The fourth-order valence-electron chi connectivity index (χ4n) is 9.58. The van der Waals surface area contributed by atoms with Crippen molar-refractivity contribution >= 4 is 81.9 Å². The van der Waals surface area contributed by atoms with Crippen molar-refractivity contribution < 1.29 is 56.7 Å². The van der Waals surface area contributed by atoms with Crippen LogP contribution in [0, 0.1) is 70.5 Å². The van der Waals surface area contributed by atoms with Crippen molar-refractivity contribution in [3.05, 3.63) is 47.8 Å². The standard InChI is InChI=1S/C10H14O2.C8H10F2O2.2C8H13NOS.C8H15NO.C8H14O2.C7H11NOS/c1-6(2)9-7(11)5-8(12)10(9)3-4-10;1-4(2)7-5(11)3-6(12)8(7,9)10;1-5(2)7-4-11-6(3)9-8(7)10;1-5(2)7-8(10)9-6(3)4-11-7;1-6(2)8-5-4-7(3)9-10-8;1-6(2)7-3-4-10-5-8(7)9;1-4(2)6-7(9)8-5(3)10-6/h6,9H,3-5H2,1-2H3;4,7H,3H2,1-2H3;2*5,7H,3-4H2,1-2H3,(H,9,10);6,8-9H,3-5H2,1-2H3;6-7H,3-5H2,1-2H3;4,6H,3H2,1-2H3,(H,8,9). The van der Waals surface area contributed by atoms with Gasteiger partial charge in [0, 0.05) is 46.8 Å². The first-order valence-electron chi connectivity index (χ1n) is 26.8. The molecule has 8 aliphatic rings. The molecule has 8 fully saturated rings. The van der Waals surface area contributed by atoms with E-state index in [0.717, 1.165) is 71.7 Å². The van der Waals surface area contributed by atoms with E-state index in [2.05, 4.69) is 103 Å². The lowest BCUT2D eigenvalue weighted by Gasteiger charge is -2.27. The maximum Gasteiger partial charge on any atom is 0.315 e. The number of amides is 3. The molecule has 0 radical (unpaired) electrons. The number of hydrogen-bond acceptors (Lipinski definition) is 14. The van der Waals surface area contributed by atoms with Gasteiger partial charge in [-0.2, -0.15) is 8.78 Å². The number of Topliss-reactive ketones (excluding diaryl/α,β-unsaturated/α-hetero) is 5. The van der Waals surface area contributed by atoms with Crippen molar-refractivity contribution in [2.45, 2.75) is 164 Å². The highest BCUT2D eigenvalue weighted by atomic mass is 32.2. The molecule has 3 saturated carbocycles. The number of carbonyl (C=O) groups is 8. The number of rotatable bonds is 7. The molecule has 430 valence electrons. The summed E-state index contributed by atoms with van der Waals surface area (Å²) in [6.45, 7) is 43.9. The topological polar surface area (TPSA) is 203 Å². The van der Waals surface area contributed by atoms with E-state index >= 15 is 0 Å². The SMILES string of the molecule is C=C1CCC(C(C)C)ON1.C=C1CSC(C(C)C)C(=O)N1.C=C1NC(=O)C(C(C)C)CS1.C=C1NC(=O)C(C(C)C)S1.CC(C)C1C(=O)CC(=O)C1(F)F.CC(C)C1C(=O)CC(=O)C12CC2.CC(C)C1CCOCC1=O. The van der Waals surface area contributed by atoms with Gasteiger partial charge in [-0.05, 0) is 73.5 Å². The van der Waals surface area contributed by atoms with Crippen molar-refractivity contribution in [2.75, 3.05) is 24.7 Å². The van der Waals surface area contributed by atoms with Gasteiger partial charge in [-0.25, -0.2) is 0 Å². The summed E-state index contributed by atoms with van der Waals surface area (Å²) in [4.78, 5) is 94.5. The molecule has 1 spiro atoms. The molecule has 5 heterocycles. The van der Waals surface area contributed by atoms with Gasteiger partial charge in [0.25, 0.3) is 0 Å². The molecular weight excluding hydrogens is 1030 g/mol. The zero-order valence-corrected chi connectivity index (χ0v) is 50.2. The number of carbonyl (C=O) groups excluding carboxylic acids is 8. The molecule has 7 unspecified atom stereocenters. The average Bonchev–Trinajstić information content (AvgIpc) is 3.89. The van der Waals surface area contributed by atoms with Crippen LogP contribution in [0.2, 0.25) is 0 Å². The van der Waals surface area contributed by atoms with Gasteiger partial charge in [0.05, 0.1) is 51.3 Å². The quantitative estimate of drug-likeness (QED) is 0.175. The van der Waals surface area contributed by atoms with Gasteiger partial charge in [-0.1, -0.05) is 135 Å². The largest absolute Gasteiger partial charge is 0.374 e. The third-order valence-electron chi connectivity index (χ3n) is 14.1. The van der Waals surface area contributed by atoms with Gasteiger partial charge >= 0.3 is 5.92 Å². The Balaban J connectivity index is 0.000000304. The minimum absolute atomic E-state index is 0.0463. The van der Waals surface area contributed by atoms with Crippen LogP contribution in [0.5, 0.6) is 0 Å². The molecule has 5 saturated heterocycles. The first kappa shape index (κ1) is 68.5. The molecule has 8 rings (SSSR count). The third kappa shape index (κ3) is 20.5. The number of thioether (sulfide) groups is 3. The average molecular weight is 1130 g/mol. The summed E-state index contributed by atoms with van der Waals surface area (Å²) in [7, 11) is 0. The van der Waals surface area contributed by atoms with Crippen LogP contribution in [0.25, 0.3) is 0 Å². The molecule has 0 aromatic rings. The number of ether oxygens (including phenoxy) is 1. The fourth-order valence-corrected chi connectivity index (χ4v) is 12.6. The van der Waals surface area contributed by atoms with Crippen molar-refractivity contribution in [1.82, 2.24) is 21.4 Å². The number of halogens is 2. The third-order valence-corrected chi connectivity index (χ3v) is 18.1. The molecule has 14 nitrogen and oxygen atoms in total. The zero-order valence-electron chi connectivity index (χ0n) is 47.8. The lowest BCUT2D eigenvalue weighted by Crippen LogP contribution is -2.40. The van der Waals surface area contributed by atoms with Gasteiger partial charge in [0.15, 0.2) is 5.78 Å². The molecule has 19 heteroatoms.